The maximum atomic E-state index is 12.2. The van der Waals surface area contributed by atoms with Gasteiger partial charge in [0.15, 0.2) is 0 Å². The monoisotopic (exact) mass is 243 g/mol. The highest BCUT2D eigenvalue weighted by atomic mass is 16.4. The lowest BCUT2D eigenvalue weighted by Crippen LogP contribution is -2.44. The Morgan fingerprint density at radius 2 is 2.00 bits per heavy atom. The lowest BCUT2D eigenvalue weighted by atomic mass is 9.80. The first kappa shape index (κ1) is 14.0. The van der Waals surface area contributed by atoms with Gasteiger partial charge in [0.05, 0.1) is 0 Å². The molecule has 0 bridgehead atoms. The summed E-state index contributed by atoms with van der Waals surface area (Å²) in [5, 5.41) is 18.2. The zero-order valence-electron chi connectivity index (χ0n) is 10.6. The minimum absolute atomic E-state index is 0.0526. The second-order valence-corrected chi connectivity index (χ2v) is 5.76. The van der Waals surface area contributed by atoms with E-state index in [2.05, 4.69) is 0 Å². The van der Waals surface area contributed by atoms with Crippen molar-refractivity contribution in [2.75, 3.05) is 19.7 Å². The van der Waals surface area contributed by atoms with E-state index >= 15 is 0 Å². The summed E-state index contributed by atoms with van der Waals surface area (Å²) in [6.45, 7) is 6.33. The second kappa shape index (κ2) is 5.04. The Hall–Kier alpha value is -1.10. The molecule has 17 heavy (non-hydrogen) atoms. The summed E-state index contributed by atoms with van der Waals surface area (Å²) in [6, 6.07) is 0. The fraction of sp³-hybridized carbons (Fsp3) is 0.833. The maximum absolute atomic E-state index is 12.2. The van der Waals surface area contributed by atoms with Crippen molar-refractivity contribution in [2.45, 2.75) is 27.2 Å². The van der Waals surface area contributed by atoms with Crippen molar-refractivity contribution in [1.82, 2.24) is 4.90 Å². The van der Waals surface area contributed by atoms with Crippen LogP contribution in [-0.2, 0) is 9.59 Å². The summed E-state index contributed by atoms with van der Waals surface area (Å²) in [5.74, 6) is -2.33. The molecular formula is C12H21NO4. The van der Waals surface area contributed by atoms with Crippen LogP contribution in [0.15, 0.2) is 0 Å². The Balaban J connectivity index is 2.77. The van der Waals surface area contributed by atoms with E-state index in [1.165, 1.54) is 0 Å². The van der Waals surface area contributed by atoms with Crippen molar-refractivity contribution < 1.29 is 19.8 Å². The van der Waals surface area contributed by atoms with E-state index in [0.29, 0.717) is 13.1 Å². The minimum atomic E-state index is -1.07. The molecule has 0 aliphatic carbocycles. The molecule has 0 aromatic heterocycles. The van der Waals surface area contributed by atoms with Crippen molar-refractivity contribution in [3.8, 4) is 0 Å². The molecule has 1 saturated heterocycles. The van der Waals surface area contributed by atoms with Gasteiger partial charge in [-0.25, -0.2) is 0 Å². The van der Waals surface area contributed by atoms with E-state index < -0.39 is 17.3 Å². The molecule has 0 aromatic carbocycles. The number of amides is 1. The number of aliphatic carboxylic acids is 1. The molecule has 0 spiro atoms. The lowest BCUT2D eigenvalue weighted by molar-refractivity contribution is -0.155. The molecule has 1 heterocycles. The smallest absolute Gasteiger partial charge is 0.316 e. The lowest BCUT2D eigenvalue weighted by Gasteiger charge is -2.29. The van der Waals surface area contributed by atoms with Crippen LogP contribution in [0.25, 0.3) is 0 Å². The van der Waals surface area contributed by atoms with Gasteiger partial charge >= 0.3 is 5.97 Å². The molecule has 2 atom stereocenters. The van der Waals surface area contributed by atoms with Gasteiger partial charge < -0.3 is 15.1 Å². The first-order valence-corrected chi connectivity index (χ1v) is 5.89. The number of hydrogen-bond acceptors (Lipinski definition) is 3. The number of hydrogen-bond donors (Lipinski definition) is 2. The van der Waals surface area contributed by atoms with Gasteiger partial charge in [0, 0.05) is 25.6 Å². The normalized spacial score (nSPS) is 22.6. The Bertz CT molecular complexity index is 308. The third kappa shape index (κ3) is 3.19. The van der Waals surface area contributed by atoms with E-state index in [4.69, 9.17) is 10.2 Å². The largest absolute Gasteiger partial charge is 0.481 e. The van der Waals surface area contributed by atoms with Crippen LogP contribution in [0, 0.1) is 17.3 Å². The Labute approximate surface area is 101 Å². The number of likely N-dealkylation sites (tertiary alicyclic amines) is 1. The molecule has 0 saturated carbocycles. The number of nitrogens with zero attached hydrogens (tertiary/aromatic N) is 1. The fourth-order valence-electron chi connectivity index (χ4n) is 2.21. The number of rotatable bonds is 3. The zero-order valence-corrected chi connectivity index (χ0v) is 10.6. The fourth-order valence-corrected chi connectivity index (χ4v) is 2.21. The summed E-state index contributed by atoms with van der Waals surface area (Å²) < 4.78 is 0. The summed E-state index contributed by atoms with van der Waals surface area (Å²) in [4.78, 5) is 24.9. The molecule has 1 aliphatic heterocycles. The quantitative estimate of drug-likeness (QED) is 0.710. The first-order chi connectivity index (χ1) is 7.77. The van der Waals surface area contributed by atoms with Crippen molar-refractivity contribution in [3.05, 3.63) is 0 Å². The summed E-state index contributed by atoms with van der Waals surface area (Å²) in [7, 11) is 0. The van der Waals surface area contributed by atoms with Gasteiger partial charge in [-0.15, -0.1) is 0 Å². The third-order valence-corrected chi connectivity index (χ3v) is 3.22. The Morgan fingerprint density at radius 3 is 2.35 bits per heavy atom. The highest BCUT2D eigenvalue weighted by Crippen LogP contribution is 2.29. The summed E-state index contributed by atoms with van der Waals surface area (Å²) in [5.41, 5.74) is -0.597. The number of aliphatic hydroxyl groups excluding tert-OH is 1. The van der Waals surface area contributed by atoms with Gasteiger partial charge in [0.2, 0.25) is 5.91 Å². The maximum Gasteiger partial charge on any atom is 0.316 e. The molecule has 2 unspecified atom stereocenters. The van der Waals surface area contributed by atoms with Gasteiger partial charge in [-0.1, -0.05) is 20.8 Å². The highest BCUT2D eigenvalue weighted by molar-refractivity contribution is 5.97. The van der Waals surface area contributed by atoms with E-state index in [1.54, 1.807) is 25.7 Å². The number of aliphatic hydroxyl groups is 1. The van der Waals surface area contributed by atoms with Crippen LogP contribution in [0.2, 0.25) is 0 Å². The molecule has 0 aromatic rings. The summed E-state index contributed by atoms with van der Waals surface area (Å²) >= 11 is 0. The molecule has 5 heteroatoms. The van der Waals surface area contributed by atoms with Crippen molar-refractivity contribution in [1.29, 1.82) is 0 Å². The van der Waals surface area contributed by atoms with Crippen molar-refractivity contribution >= 4 is 11.9 Å². The molecule has 5 nitrogen and oxygen atoms in total. The van der Waals surface area contributed by atoms with E-state index in [0.717, 1.165) is 6.42 Å². The number of carbonyl (C=O) groups is 2. The van der Waals surface area contributed by atoms with Crippen LogP contribution >= 0.6 is 0 Å². The molecule has 1 amide bonds. The highest BCUT2D eigenvalue weighted by Gasteiger charge is 2.41. The van der Waals surface area contributed by atoms with Crippen LogP contribution in [0.4, 0.5) is 0 Å². The molecule has 1 fully saturated rings. The van der Waals surface area contributed by atoms with Crippen molar-refractivity contribution in [2.24, 2.45) is 17.3 Å². The molecule has 2 N–H and O–H groups in total. The Morgan fingerprint density at radius 1 is 1.41 bits per heavy atom. The van der Waals surface area contributed by atoms with E-state index in [-0.39, 0.29) is 18.4 Å². The van der Waals surface area contributed by atoms with Gasteiger partial charge in [-0.05, 0) is 11.8 Å². The van der Waals surface area contributed by atoms with Gasteiger partial charge in [0.1, 0.15) is 5.92 Å². The minimum Gasteiger partial charge on any atom is -0.481 e. The molecule has 1 rings (SSSR count). The average Bonchev–Trinajstić information content (AvgIpc) is 2.62. The number of carbonyl (C=O) groups excluding carboxylic acids is 1. The summed E-state index contributed by atoms with van der Waals surface area (Å²) in [6.07, 6.45) is 0.749. The predicted octanol–water partition coefficient (Wildman–Crippen LogP) is 0.574. The molecule has 1 aliphatic rings. The molecule has 98 valence electrons. The van der Waals surface area contributed by atoms with E-state index in [9.17, 15) is 9.59 Å². The molecular weight excluding hydrogens is 222 g/mol. The third-order valence-electron chi connectivity index (χ3n) is 3.22. The molecule has 0 radical (unpaired) electrons. The number of carboxylic acids is 1. The first-order valence-electron chi connectivity index (χ1n) is 5.89. The topological polar surface area (TPSA) is 77.8 Å². The van der Waals surface area contributed by atoms with Gasteiger partial charge in [0.25, 0.3) is 0 Å². The second-order valence-electron chi connectivity index (χ2n) is 5.76. The van der Waals surface area contributed by atoms with Crippen LogP contribution in [0.3, 0.4) is 0 Å². The van der Waals surface area contributed by atoms with Gasteiger partial charge in [-0.3, -0.25) is 9.59 Å². The Kier molecular flexibility index (Phi) is 4.14. The average molecular weight is 243 g/mol. The van der Waals surface area contributed by atoms with Crippen LogP contribution < -0.4 is 0 Å². The predicted molar refractivity (Wildman–Crippen MR) is 62.4 cm³/mol. The number of carboxylic acid groups (broad SMARTS) is 1. The van der Waals surface area contributed by atoms with Gasteiger partial charge in [-0.2, -0.15) is 0 Å². The van der Waals surface area contributed by atoms with Crippen molar-refractivity contribution in [3.63, 3.8) is 0 Å². The van der Waals surface area contributed by atoms with Crippen LogP contribution in [0.1, 0.15) is 27.2 Å². The SMILES string of the molecule is CC(C)(C)C(C(=O)O)C(=O)N1CCC(CO)C1. The zero-order chi connectivity index (χ0) is 13.2. The van der Waals surface area contributed by atoms with Crippen LogP contribution in [0.5, 0.6) is 0 Å². The van der Waals surface area contributed by atoms with E-state index in [1.807, 2.05) is 0 Å². The standard InChI is InChI=1S/C12H21NO4/c1-12(2,3)9(11(16)17)10(15)13-5-4-8(6-13)7-14/h8-9,14H,4-7H2,1-3H3,(H,16,17). The van der Waals surface area contributed by atoms with Crippen LogP contribution in [-0.4, -0.2) is 46.7 Å².